The summed E-state index contributed by atoms with van der Waals surface area (Å²) in [6, 6.07) is 8.02. The molecule has 0 aliphatic carbocycles. The topological polar surface area (TPSA) is 52.7 Å². The van der Waals surface area contributed by atoms with Gasteiger partial charge in [0, 0.05) is 54.6 Å². The van der Waals surface area contributed by atoms with Crippen LogP contribution in [0.4, 0.5) is 8.78 Å². The number of halogens is 3. The third-order valence-corrected chi connectivity index (χ3v) is 10.3. The lowest BCUT2D eigenvalue weighted by Crippen LogP contribution is -2.50. The monoisotopic (exact) mass is 599 g/mol. The first-order valence-corrected chi connectivity index (χ1v) is 15.8. The second kappa shape index (κ2) is 11.9. The maximum atomic E-state index is 15.1. The highest BCUT2D eigenvalue weighted by Crippen LogP contribution is 2.48. The zero-order valence-corrected chi connectivity index (χ0v) is 26.4. The van der Waals surface area contributed by atoms with Crippen LogP contribution in [0.2, 0.25) is 5.02 Å². The Morgan fingerprint density at radius 1 is 1.05 bits per heavy atom. The van der Waals surface area contributed by atoms with E-state index in [2.05, 4.69) is 54.9 Å². The number of fused-ring (bicyclic) bond motifs is 2. The third-order valence-electron chi connectivity index (χ3n) is 9.90. The molecule has 0 saturated carbocycles. The molecule has 2 bridgehead atoms. The van der Waals surface area contributed by atoms with Crippen LogP contribution < -0.4 is 5.32 Å². The summed E-state index contributed by atoms with van der Waals surface area (Å²) in [6.07, 6.45) is 4.31. The van der Waals surface area contributed by atoms with E-state index in [0.29, 0.717) is 18.7 Å². The van der Waals surface area contributed by atoms with Gasteiger partial charge in [0.15, 0.2) is 0 Å². The van der Waals surface area contributed by atoms with Crippen molar-refractivity contribution >= 4 is 23.4 Å². The van der Waals surface area contributed by atoms with Crippen molar-refractivity contribution in [2.45, 2.75) is 109 Å². The number of hydrogen-bond acceptors (Lipinski definition) is 3. The molecule has 0 radical (unpaired) electrons. The summed E-state index contributed by atoms with van der Waals surface area (Å²) < 4.78 is 28.9. The van der Waals surface area contributed by atoms with Crippen LogP contribution in [0, 0.1) is 24.5 Å². The van der Waals surface area contributed by atoms with Crippen molar-refractivity contribution < 1.29 is 18.4 Å². The van der Waals surface area contributed by atoms with E-state index in [4.69, 9.17) is 11.6 Å². The van der Waals surface area contributed by atoms with Crippen LogP contribution in [-0.2, 0) is 9.59 Å². The maximum absolute atomic E-state index is 15.1. The van der Waals surface area contributed by atoms with E-state index in [1.54, 1.807) is 6.92 Å². The molecule has 2 aromatic carbocycles. The smallest absolute Gasteiger partial charge is 0.228 e. The second-order valence-electron chi connectivity index (χ2n) is 13.6. The summed E-state index contributed by atoms with van der Waals surface area (Å²) in [7, 11) is 0. The Morgan fingerprint density at radius 2 is 1.71 bits per heavy atom. The molecule has 228 valence electrons. The summed E-state index contributed by atoms with van der Waals surface area (Å²) in [6.45, 7) is 13.1. The van der Waals surface area contributed by atoms with Gasteiger partial charge in [0.1, 0.15) is 11.6 Å². The Balaban J connectivity index is 1.43. The van der Waals surface area contributed by atoms with Gasteiger partial charge in [0.05, 0.1) is 12.0 Å². The number of nitrogens with zero attached hydrogens (tertiary/aromatic N) is 2. The SMILES string of the molecule is CCC(NC(C)=O)c1cc(C)c(Cl)cc1C1CC2CCC(C1)N2C(=O)C1CN(C(C)(C)C)CC1c1ccc(F)cc1F. The molecule has 5 atom stereocenters. The van der Waals surface area contributed by atoms with E-state index < -0.39 is 17.6 Å². The highest BCUT2D eigenvalue weighted by Gasteiger charge is 2.50. The summed E-state index contributed by atoms with van der Waals surface area (Å²) in [5.74, 6) is -1.66. The van der Waals surface area contributed by atoms with E-state index in [1.807, 2.05) is 6.92 Å². The summed E-state index contributed by atoms with van der Waals surface area (Å²) in [5.41, 5.74) is 3.51. The third kappa shape index (κ3) is 5.96. The van der Waals surface area contributed by atoms with E-state index in [-0.39, 0.29) is 47.3 Å². The zero-order chi connectivity index (χ0) is 30.5. The molecule has 2 amide bonds. The Morgan fingerprint density at radius 3 is 2.29 bits per heavy atom. The van der Waals surface area contributed by atoms with Crippen molar-refractivity contribution in [1.29, 1.82) is 0 Å². The average Bonchev–Trinajstić information content (AvgIpc) is 3.47. The molecular formula is C34H44ClF2N3O2. The standard InChI is InChI=1S/C34H44ClF2N3O2/c1-7-32(38-20(3)41)27-12-19(2)30(35)16-26(27)21-13-23-9-10-24(14-21)40(23)33(42)29-18-39(34(4,5)6)17-28(29)25-11-8-22(36)15-31(25)37/h8,11-12,15-16,21,23-24,28-29,32H,7,9-10,13-14,17-18H2,1-6H3,(H,38,41). The van der Waals surface area contributed by atoms with Gasteiger partial charge in [-0.15, -0.1) is 0 Å². The van der Waals surface area contributed by atoms with Crippen LogP contribution in [-0.4, -0.2) is 52.3 Å². The highest BCUT2D eigenvalue weighted by molar-refractivity contribution is 6.31. The number of carbonyl (C=O) groups excluding carboxylic acids is 2. The van der Waals surface area contributed by atoms with Crippen LogP contribution in [0.15, 0.2) is 30.3 Å². The van der Waals surface area contributed by atoms with Gasteiger partial charge >= 0.3 is 0 Å². The molecule has 8 heteroatoms. The number of aryl methyl sites for hydroxylation is 1. The fourth-order valence-corrected chi connectivity index (χ4v) is 7.89. The molecule has 3 fully saturated rings. The van der Waals surface area contributed by atoms with Gasteiger partial charge in [-0.2, -0.15) is 0 Å². The predicted octanol–water partition coefficient (Wildman–Crippen LogP) is 7.26. The number of carbonyl (C=O) groups is 2. The number of nitrogens with one attached hydrogen (secondary N) is 1. The van der Waals surface area contributed by atoms with E-state index in [0.717, 1.165) is 54.3 Å². The molecule has 2 aromatic rings. The van der Waals surface area contributed by atoms with Crippen molar-refractivity contribution in [3.05, 3.63) is 69.2 Å². The van der Waals surface area contributed by atoms with Crippen molar-refractivity contribution in [1.82, 2.24) is 15.1 Å². The van der Waals surface area contributed by atoms with Crippen LogP contribution in [0.25, 0.3) is 0 Å². The number of likely N-dealkylation sites (tertiary alicyclic amines) is 1. The molecule has 3 saturated heterocycles. The lowest BCUT2D eigenvalue weighted by atomic mass is 9.79. The average molecular weight is 600 g/mol. The Kier molecular flexibility index (Phi) is 8.75. The van der Waals surface area contributed by atoms with Gasteiger partial charge in [-0.3, -0.25) is 14.5 Å². The summed E-state index contributed by atoms with van der Waals surface area (Å²) in [4.78, 5) is 30.8. The van der Waals surface area contributed by atoms with Crippen LogP contribution in [0.3, 0.4) is 0 Å². The zero-order valence-electron chi connectivity index (χ0n) is 25.6. The molecule has 3 aliphatic rings. The largest absolute Gasteiger partial charge is 0.350 e. The lowest BCUT2D eigenvalue weighted by Gasteiger charge is -2.42. The van der Waals surface area contributed by atoms with E-state index >= 15 is 4.39 Å². The molecule has 5 nitrogen and oxygen atoms in total. The summed E-state index contributed by atoms with van der Waals surface area (Å²) >= 11 is 6.65. The molecule has 3 aliphatic heterocycles. The van der Waals surface area contributed by atoms with Crippen molar-refractivity contribution in [3.8, 4) is 0 Å². The van der Waals surface area contributed by atoms with Gasteiger partial charge in [-0.25, -0.2) is 8.78 Å². The minimum atomic E-state index is -0.607. The maximum Gasteiger partial charge on any atom is 0.228 e. The normalized spacial score (nSPS) is 26.9. The quantitative estimate of drug-likeness (QED) is 0.380. The molecule has 1 N–H and O–H groups in total. The number of benzene rings is 2. The highest BCUT2D eigenvalue weighted by atomic mass is 35.5. The first-order valence-electron chi connectivity index (χ1n) is 15.4. The fraction of sp³-hybridized carbons (Fsp3) is 0.588. The van der Waals surface area contributed by atoms with Crippen molar-refractivity contribution in [2.24, 2.45) is 5.92 Å². The molecular weight excluding hydrogens is 556 g/mol. The minimum absolute atomic E-state index is 0.0612. The van der Waals surface area contributed by atoms with Crippen LogP contribution in [0.5, 0.6) is 0 Å². The van der Waals surface area contributed by atoms with E-state index in [1.165, 1.54) is 17.7 Å². The predicted molar refractivity (Wildman–Crippen MR) is 163 cm³/mol. The molecule has 0 aromatic heterocycles. The van der Waals surface area contributed by atoms with Crippen molar-refractivity contribution in [2.75, 3.05) is 13.1 Å². The first-order chi connectivity index (χ1) is 19.8. The fourth-order valence-electron chi connectivity index (χ4n) is 7.72. The number of rotatable bonds is 6. The lowest BCUT2D eigenvalue weighted by molar-refractivity contribution is -0.140. The first kappa shape index (κ1) is 30.9. The Bertz CT molecular complexity index is 1350. The molecule has 42 heavy (non-hydrogen) atoms. The number of piperidine rings is 1. The van der Waals surface area contributed by atoms with Gasteiger partial charge in [0.2, 0.25) is 11.8 Å². The number of amides is 2. The van der Waals surface area contributed by atoms with E-state index in [9.17, 15) is 14.0 Å². The molecule has 0 spiro atoms. The molecule has 5 rings (SSSR count). The second-order valence-corrected chi connectivity index (χ2v) is 14.1. The van der Waals surface area contributed by atoms with Crippen LogP contribution in [0.1, 0.15) is 107 Å². The van der Waals surface area contributed by atoms with Gasteiger partial charge in [-0.1, -0.05) is 30.7 Å². The van der Waals surface area contributed by atoms with Gasteiger partial charge < -0.3 is 10.2 Å². The minimum Gasteiger partial charge on any atom is -0.350 e. The van der Waals surface area contributed by atoms with Crippen molar-refractivity contribution in [3.63, 3.8) is 0 Å². The number of hydrogen-bond donors (Lipinski definition) is 1. The molecule has 5 unspecified atom stereocenters. The Labute approximate surface area is 254 Å². The Hall–Kier alpha value is -2.51. The van der Waals surface area contributed by atoms with Crippen LogP contribution >= 0.6 is 11.6 Å². The van der Waals surface area contributed by atoms with Gasteiger partial charge in [0.25, 0.3) is 0 Å². The van der Waals surface area contributed by atoms with Gasteiger partial charge in [-0.05, 0) is 100 Å². The summed E-state index contributed by atoms with van der Waals surface area (Å²) in [5, 5.41) is 3.83. The molecule has 3 heterocycles.